The van der Waals surface area contributed by atoms with E-state index in [0.29, 0.717) is 0 Å². The zero-order valence-corrected chi connectivity index (χ0v) is 23.8. The second-order valence-electron chi connectivity index (χ2n) is 9.27. The van der Waals surface area contributed by atoms with E-state index in [-0.39, 0.29) is 40.6 Å². The molecule has 3 aromatic carbocycles. The van der Waals surface area contributed by atoms with Crippen molar-refractivity contribution >= 4 is 50.7 Å². The highest BCUT2D eigenvalue weighted by Gasteiger charge is 2.33. The molecule has 0 spiro atoms. The van der Waals surface area contributed by atoms with Gasteiger partial charge in [-0.1, -0.05) is 83.9 Å². The summed E-state index contributed by atoms with van der Waals surface area (Å²) in [4.78, 5) is 28.8. The first kappa shape index (κ1) is 29.5. The molecule has 38 heavy (non-hydrogen) atoms. The fraction of sp³-hybridized carbons (Fsp3) is 0.286. The zero-order valence-electron chi connectivity index (χ0n) is 21.5. The van der Waals surface area contributed by atoms with Gasteiger partial charge in [-0.3, -0.25) is 13.9 Å². The summed E-state index contributed by atoms with van der Waals surface area (Å²) in [5.41, 5.74) is 1.82. The van der Waals surface area contributed by atoms with Crippen molar-refractivity contribution in [3.05, 3.63) is 100 Å². The van der Waals surface area contributed by atoms with Crippen molar-refractivity contribution in [3.63, 3.8) is 0 Å². The Morgan fingerprint density at radius 3 is 1.89 bits per heavy atom. The molecule has 7 nitrogen and oxygen atoms in total. The molecular weight excluding hydrogens is 545 g/mol. The molecule has 0 radical (unpaired) electrons. The third kappa shape index (κ3) is 8.48. The summed E-state index contributed by atoms with van der Waals surface area (Å²) in [5.74, 6) is -0.875. The van der Waals surface area contributed by atoms with Gasteiger partial charge in [-0.15, -0.1) is 0 Å². The zero-order chi connectivity index (χ0) is 27.9. The first-order valence-corrected chi connectivity index (χ1v) is 14.7. The number of nitrogens with zero attached hydrogens (tertiary/aromatic N) is 2. The summed E-state index contributed by atoms with van der Waals surface area (Å²) in [7, 11) is -3.91. The van der Waals surface area contributed by atoms with Gasteiger partial charge in [-0.05, 0) is 43.2 Å². The lowest BCUT2D eigenvalue weighted by Gasteiger charge is -2.34. The number of anilines is 1. The predicted octanol–water partition coefficient (Wildman–Crippen LogP) is 4.92. The number of amides is 2. The van der Waals surface area contributed by atoms with Gasteiger partial charge in [0.05, 0.1) is 11.9 Å². The molecule has 2 amide bonds. The first-order chi connectivity index (χ1) is 17.9. The highest BCUT2D eigenvalue weighted by atomic mass is 35.5. The second kappa shape index (κ2) is 13.1. The van der Waals surface area contributed by atoms with Crippen molar-refractivity contribution in [3.8, 4) is 0 Å². The fourth-order valence-corrected chi connectivity index (χ4v) is 5.36. The molecule has 10 heteroatoms. The highest BCUT2D eigenvalue weighted by molar-refractivity contribution is 7.92. The predicted molar refractivity (Wildman–Crippen MR) is 153 cm³/mol. The van der Waals surface area contributed by atoms with Gasteiger partial charge in [0.15, 0.2) is 0 Å². The third-order valence-corrected chi connectivity index (χ3v) is 7.29. The number of rotatable bonds is 11. The van der Waals surface area contributed by atoms with E-state index in [9.17, 15) is 18.0 Å². The van der Waals surface area contributed by atoms with Crippen molar-refractivity contribution in [1.29, 1.82) is 0 Å². The van der Waals surface area contributed by atoms with Crippen molar-refractivity contribution in [1.82, 2.24) is 10.2 Å². The molecule has 0 aliphatic carbocycles. The van der Waals surface area contributed by atoms with Crippen LogP contribution in [0.25, 0.3) is 0 Å². The normalized spacial score (nSPS) is 12.2. The maximum absolute atomic E-state index is 13.9. The summed E-state index contributed by atoms with van der Waals surface area (Å²) in [6.45, 7) is 3.25. The Hall–Kier alpha value is -3.07. The Labute approximate surface area is 234 Å². The summed E-state index contributed by atoms with van der Waals surface area (Å²) in [5, 5.41) is 3.37. The van der Waals surface area contributed by atoms with E-state index in [4.69, 9.17) is 23.2 Å². The molecular formula is C28H31Cl2N3O4S. The van der Waals surface area contributed by atoms with Crippen LogP contribution in [-0.2, 0) is 32.6 Å². The van der Waals surface area contributed by atoms with Gasteiger partial charge in [0.25, 0.3) is 0 Å². The minimum atomic E-state index is -3.91. The smallest absolute Gasteiger partial charge is 0.244 e. The molecule has 0 aliphatic rings. The lowest BCUT2D eigenvalue weighted by Crippen LogP contribution is -2.54. The number of halogens is 2. The Morgan fingerprint density at radius 1 is 0.868 bits per heavy atom. The lowest BCUT2D eigenvalue weighted by molar-refractivity contribution is -0.140. The average molecular weight is 577 g/mol. The quantitative estimate of drug-likeness (QED) is 0.351. The molecule has 0 saturated carbocycles. The molecule has 0 bridgehead atoms. The molecule has 3 rings (SSSR count). The monoisotopic (exact) mass is 575 g/mol. The number of carbonyl (C=O) groups is 2. The van der Waals surface area contributed by atoms with Crippen LogP contribution in [0.15, 0.2) is 78.9 Å². The lowest BCUT2D eigenvalue weighted by atomic mass is 10.0. The molecule has 1 atom stereocenters. The van der Waals surface area contributed by atoms with Crippen LogP contribution in [0.5, 0.6) is 0 Å². The molecule has 1 unspecified atom stereocenters. The van der Waals surface area contributed by atoms with Crippen LogP contribution in [0.4, 0.5) is 5.69 Å². The second-order valence-corrected chi connectivity index (χ2v) is 12.1. The van der Waals surface area contributed by atoms with Gasteiger partial charge in [-0.25, -0.2) is 8.42 Å². The molecule has 3 aromatic rings. The number of benzene rings is 3. The van der Waals surface area contributed by atoms with Crippen LogP contribution in [0.3, 0.4) is 0 Å². The summed E-state index contributed by atoms with van der Waals surface area (Å²) >= 11 is 12.3. The van der Waals surface area contributed by atoms with Gasteiger partial charge >= 0.3 is 0 Å². The minimum absolute atomic E-state index is 0.108. The molecule has 0 fully saturated rings. The molecule has 0 aromatic heterocycles. The number of hydrogen-bond donors (Lipinski definition) is 1. The standard InChI is InChI=1S/C28H31Cl2N3O4S/c1-20(2)31-28(35)26(14-21-10-6-4-7-11-21)32(18-22-12-8-5-9-13-22)27(34)19-33(38(3,36)37)25-16-23(29)15-24(30)17-25/h4-13,15-17,20,26H,14,18-19H2,1-3H3,(H,31,35). The largest absolute Gasteiger partial charge is 0.352 e. The Bertz CT molecular complexity index is 1330. The summed E-state index contributed by atoms with van der Waals surface area (Å²) in [6, 6.07) is 21.9. The van der Waals surface area contributed by atoms with E-state index in [1.54, 1.807) is 0 Å². The number of sulfonamides is 1. The molecule has 0 saturated heterocycles. The van der Waals surface area contributed by atoms with Gasteiger partial charge < -0.3 is 10.2 Å². The Balaban J connectivity index is 2.05. The van der Waals surface area contributed by atoms with Gasteiger partial charge in [0, 0.05) is 29.1 Å². The van der Waals surface area contributed by atoms with E-state index in [1.807, 2.05) is 74.5 Å². The Kier molecular flexibility index (Phi) is 10.2. The van der Waals surface area contributed by atoms with Crippen LogP contribution < -0.4 is 9.62 Å². The number of nitrogens with one attached hydrogen (secondary N) is 1. The van der Waals surface area contributed by atoms with Gasteiger partial charge in [0.2, 0.25) is 21.8 Å². The number of hydrogen-bond acceptors (Lipinski definition) is 4. The summed E-state index contributed by atoms with van der Waals surface area (Å²) in [6.07, 6.45) is 1.25. The van der Waals surface area contributed by atoms with E-state index in [2.05, 4.69) is 5.32 Å². The van der Waals surface area contributed by atoms with E-state index in [0.717, 1.165) is 21.7 Å². The van der Waals surface area contributed by atoms with Crippen molar-refractivity contribution in [2.45, 2.75) is 38.9 Å². The maximum Gasteiger partial charge on any atom is 0.244 e. The van der Waals surface area contributed by atoms with E-state index < -0.39 is 28.5 Å². The van der Waals surface area contributed by atoms with Gasteiger partial charge in [-0.2, -0.15) is 0 Å². The first-order valence-electron chi connectivity index (χ1n) is 12.1. The van der Waals surface area contributed by atoms with E-state index in [1.165, 1.54) is 23.1 Å². The SMILES string of the molecule is CC(C)NC(=O)C(Cc1ccccc1)N(Cc1ccccc1)C(=O)CN(c1cc(Cl)cc(Cl)c1)S(C)(=O)=O. The average Bonchev–Trinajstić information content (AvgIpc) is 2.84. The van der Waals surface area contributed by atoms with Crippen LogP contribution in [0, 0.1) is 0 Å². The number of carbonyl (C=O) groups excluding carboxylic acids is 2. The van der Waals surface area contributed by atoms with Gasteiger partial charge in [0.1, 0.15) is 12.6 Å². The fourth-order valence-electron chi connectivity index (χ4n) is 4.01. The van der Waals surface area contributed by atoms with Crippen LogP contribution >= 0.6 is 23.2 Å². The molecule has 202 valence electrons. The van der Waals surface area contributed by atoms with Crippen molar-refractivity contribution < 1.29 is 18.0 Å². The molecule has 0 aliphatic heterocycles. The van der Waals surface area contributed by atoms with Crippen LogP contribution in [0.2, 0.25) is 10.0 Å². The van der Waals surface area contributed by atoms with Crippen LogP contribution in [-0.4, -0.2) is 50.0 Å². The Morgan fingerprint density at radius 2 is 1.39 bits per heavy atom. The molecule has 1 N–H and O–H groups in total. The third-order valence-electron chi connectivity index (χ3n) is 5.71. The van der Waals surface area contributed by atoms with E-state index >= 15 is 0 Å². The highest BCUT2D eigenvalue weighted by Crippen LogP contribution is 2.27. The topological polar surface area (TPSA) is 86.8 Å². The molecule has 0 heterocycles. The minimum Gasteiger partial charge on any atom is -0.352 e. The summed E-state index contributed by atoms with van der Waals surface area (Å²) < 4.78 is 26.6. The van der Waals surface area contributed by atoms with Crippen LogP contribution in [0.1, 0.15) is 25.0 Å². The van der Waals surface area contributed by atoms with Crippen molar-refractivity contribution in [2.75, 3.05) is 17.1 Å². The maximum atomic E-state index is 13.9. The van der Waals surface area contributed by atoms with Crippen molar-refractivity contribution in [2.24, 2.45) is 0 Å².